The van der Waals surface area contributed by atoms with E-state index in [1.54, 1.807) is 24.3 Å². The lowest BCUT2D eigenvalue weighted by molar-refractivity contribution is -0.137. The molecule has 1 atom stereocenters. The highest BCUT2D eigenvalue weighted by Gasteiger charge is 2.30. The van der Waals surface area contributed by atoms with Crippen molar-refractivity contribution >= 4 is 38.9 Å². The van der Waals surface area contributed by atoms with Gasteiger partial charge in [0, 0.05) is 16.4 Å². The minimum absolute atomic E-state index is 0.193. The predicted molar refractivity (Wildman–Crippen MR) is 119 cm³/mol. The Labute approximate surface area is 193 Å². The van der Waals surface area contributed by atoms with Crippen LogP contribution in [0.1, 0.15) is 12.5 Å². The van der Waals surface area contributed by atoms with E-state index in [-0.39, 0.29) is 10.6 Å². The fourth-order valence-corrected chi connectivity index (χ4v) is 3.96. The van der Waals surface area contributed by atoms with Crippen molar-refractivity contribution in [2.45, 2.75) is 24.1 Å². The number of halogens is 4. The van der Waals surface area contributed by atoms with Gasteiger partial charge in [-0.3, -0.25) is 9.52 Å². The molecule has 33 heavy (non-hydrogen) atoms. The van der Waals surface area contributed by atoms with Gasteiger partial charge in [0.25, 0.3) is 15.9 Å². The second-order valence-corrected chi connectivity index (χ2v) is 9.03. The van der Waals surface area contributed by atoms with E-state index in [1.807, 2.05) is 0 Å². The van der Waals surface area contributed by atoms with Gasteiger partial charge in [0.2, 0.25) is 0 Å². The number of alkyl halides is 3. The quantitative estimate of drug-likeness (QED) is 0.446. The van der Waals surface area contributed by atoms with Gasteiger partial charge in [0.15, 0.2) is 6.10 Å². The van der Waals surface area contributed by atoms with Crippen LogP contribution in [0.4, 0.5) is 24.5 Å². The first kappa shape index (κ1) is 24.4. The maximum absolute atomic E-state index is 12.8. The van der Waals surface area contributed by atoms with Crippen LogP contribution in [-0.2, 0) is 21.0 Å². The molecule has 0 bridgehead atoms. The van der Waals surface area contributed by atoms with E-state index in [9.17, 15) is 26.4 Å². The molecule has 0 radical (unpaired) electrons. The third-order valence-corrected chi connectivity index (χ3v) is 5.98. The maximum Gasteiger partial charge on any atom is 0.416 e. The number of sulfonamides is 1. The summed E-state index contributed by atoms with van der Waals surface area (Å²) < 4.78 is 71.2. The van der Waals surface area contributed by atoms with E-state index in [1.165, 1.54) is 37.3 Å². The summed E-state index contributed by atoms with van der Waals surface area (Å²) in [5.74, 6) is -0.0695. The summed E-state index contributed by atoms with van der Waals surface area (Å²) in [7, 11) is -4.15. The normalized spacial score (nSPS) is 12.6. The molecule has 174 valence electrons. The number of rotatable bonds is 7. The second-order valence-electron chi connectivity index (χ2n) is 6.92. The van der Waals surface area contributed by atoms with Crippen molar-refractivity contribution in [3.8, 4) is 5.75 Å². The van der Waals surface area contributed by atoms with E-state index < -0.39 is 33.8 Å². The first-order valence-electron chi connectivity index (χ1n) is 9.47. The molecule has 0 fully saturated rings. The van der Waals surface area contributed by atoms with E-state index in [4.69, 9.17) is 16.3 Å². The Hall–Kier alpha value is -3.24. The van der Waals surface area contributed by atoms with Crippen LogP contribution >= 0.6 is 11.6 Å². The molecule has 0 saturated heterocycles. The molecule has 3 aromatic carbocycles. The van der Waals surface area contributed by atoms with Crippen LogP contribution in [0, 0.1) is 0 Å². The van der Waals surface area contributed by atoms with Crippen molar-refractivity contribution < 1.29 is 31.1 Å². The molecule has 6 nitrogen and oxygen atoms in total. The van der Waals surface area contributed by atoms with Gasteiger partial charge in [0.05, 0.1) is 10.5 Å². The Morgan fingerprint density at radius 2 is 1.64 bits per heavy atom. The van der Waals surface area contributed by atoms with Gasteiger partial charge in [-0.2, -0.15) is 13.2 Å². The van der Waals surface area contributed by atoms with Crippen molar-refractivity contribution in [2.24, 2.45) is 0 Å². The minimum Gasteiger partial charge on any atom is -0.481 e. The molecule has 0 spiro atoms. The number of carbonyl (C=O) groups is 1. The highest BCUT2D eigenvalue weighted by Crippen LogP contribution is 2.31. The molecule has 0 heterocycles. The summed E-state index contributed by atoms with van der Waals surface area (Å²) in [4.78, 5) is 12.2. The van der Waals surface area contributed by atoms with E-state index >= 15 is 0 Å². The maximum atomic E-state index is 12.8. The molecule has 0 unspecified atom stereocenters. The van der Waals surface area contributed by atoms with Crippen molar-refractivity contribution in [2.75, 3.05) is 10.0 Å². The third kappa shape index (κ3) is 6.62. The Morgan fingerprint density at radius 1 is 0.970 bits per heavy atom. The fourth-order valence-electron chi connectivity index (χ4n) is 2.73. The van der Waals surface area contributed by atoms with Gasteiger partial charge in [-0.05, 0) is 67.6 Å². The van der Waals surface area contributed by atoms with Gasteiger partial charge in [0.1, 0.15) is 5.75 Å². The smallest absolute Gasteiger partial charge is 0.416 e. The Morgan fingerprint density at radius 3 is 2.27 bits per heavy atom. The van der Waals surface area contributed by atoms with Crippen LogP contribution in [0.15, 0.2) is 77.7 Å². The molecule has 0 aliphatic heterocycles. The third-order valence-electron chi connectivity index (χ3n) is 4.35. The molecule has 2 N–H and O–H groups in total. The Bertz CT molecular complexity index is 1250. The first-order chi connectivity index (χ1) is 15.4. The summed E-state index contributed by atoms with van der Waals surface area (Å²) in [6.45, 7) is 1.54. The average Bonchev–Trinajstić information content (AvgIpc) is 2.73. The fraction of sp³-hybridized carbons (Fsp3) is 0.136. The lowest BCUT2D eigenvalue weighted by atomic mass is 10.2. The van der Waals surface area contributed by atoms with Crippen LogP contribution < -0.4 is 14.8 Å². The molecule has 0 aromatic heterocycles. The topological polar surface area (TPSA) is 84.5 Å². The zero-order valence-corrected chi connectivity index (χ0v) is 18.6. The molecular formula is C22H18ClF3N2O4S. The van der Waals surface area contributed by atoms with Crippen molar-refractivity contribution in [3.05, 3.63) is 83.4 Å². The zero-order valence-electron chi connectivity index (χ0n) is 17.1. The lowest BCUT2D eigenvalue weighted by Crippen LogP contribution is -2.30. The number of benzene rings is 3. The lowest BCUT2D eigenvalue weighted by Gasteiger charge is -2.15. The molecule has 0 saturated carbocycles. The molecule has 3 rings (SSSR count). The summed E-state index contributed by atoms with van der Waals surface area (Å²) in [5.41, 5.74) is -0.899. The first-order valence-corrected chi connectivity index (χ1v) is 11.3. The number of hydrogen-bond donors (Lipinski definition) is 2. The number of hydrogen-bond acceptors (Lipinski definition) is 4. The minimum atomic E-state index is -4.60. The second kappa shape index (κ2) is 9.72. The average molecular weight is 499 g/mol. The van der Waals surface area contributed by atoms with Crippen molar-refractivity contribution in [3.63, 3.8) is 0 Å². The Balaban J connectivity index is 1.66. The zero-order chi connectivity index (χ0) is 24.2. The largest absolute Gasteiger partial charge is 0.481 e. The monoisotopic (exact) mass is 498 g/mol. The molecule has 0 aliphatic carbocycles. The summed E-state index contributed by atoms with van der Waals surface area (Å²) in [6.07, 6.45) is -5.47. The number of ether oxygens (including phenoxy) is 1. The molecular weight excluding hydrogens is 481 g/mol. The molecule has 3 aromatic rings. The van der Waals surface area contributed by atoms with Gasteiger partial charge < -0.3 is 10.1 Å². The highest BCUT2D eigenvalue weighted by molar-refractivity contribution is 7.92. The van der Waals surface area contributed by atoms with Crippen LogP contribution in [0.5, 0.6) is 5.75 Å². The van der Waals surface area contributed by atoms with Gasteiger partial charge in [-0.25, -0.2) is 8.42 Å². The number of anilines is 2. The summed E-state index contributed by atoms with van der Waals surface area (Å²) in [6, 6.07) is 15.5. The van der Waals surface area contributed by atoms with Crippen molar-refractivity contribution in [1.82, 2.24) is 0 Å². The standard InChI is InChI=1S/C22H18ClF3N2O4S/c1-14(32-19-7-3-5-16(23)13-19)21(29)27-17-8-10-20(11-9-17)33(30,31)28-18-6-2-4-15(12-18)22(24,25)26/h2-14,28H,1H3,(H,27,29)/t14-/m0/s1. The van der Waals surface area contributed by atoms with Crippen molar-refractivity contribution in [1.29, 1.82) is 0 Å². The summed E-state index contributed by atoms with van der Waals surface area (Å²) >= 11 is 5.88. The number of carbonyl (C=O) groups excluding carboxylic acids is 1. The van der Waals surface area contributed by atoms with Crippen LogP contribution in [0.3, 0.4) is 0 Å². The van der Waals surface area contributed by atoms with Crippen LogP contribution in [0.2, 0.25) is 5.02 Å². The van der Waals surface area contributed by atoms with Gasteiger partial charge in [-0.1, -0.05) is 23.7 Å². The SMILES string of the molecule is C[C@H](Oc1cccc(Cl)c1)C(=O)Nc1ccc(S(=O)(=O)Nc2cccc(C(F)(F)F)c2)cc1. The van der Waals surface area contributed by atoms with Gasteiger partial charge >= 0.3 is 6.18 Å². The molecule has 0 aliphatic rings. The van der Waals surface area contributed by atoms with Crippen LogP contribution in [-0.4, -0.2) is 20.4 Å². The van der Waals surface area contributed by atoms with E-state index in [0.29, 0.717) is 22.5 Å². The van der Waals surface area contributed by atoms with Crippen LogP contribution in [0.25, 0.3) is 0 Å². The predicted octanol–water partition coefficient (Wildman–Crippen LogP) is 5.57. The van der Waals surface area contributed by atoms with Gasteiger partial charge in [-0.15, -0.1) is 0 Å². The Kier molecular flexibility index (Phi) is 7.19. The number of nitrogens with one attached hydrogen (secondary N) is 2. The molecule has 11 heteroatoms. The van der Waals surface area contributed by atoms with E-state index in [2.05, 4.69) is 10.0 Å². The van der Waals surface area contributed by atoms with E-state index in [0.717, 1.165) is 12.1 Å². The number of amides is 1. The summed E-state index contributed by atoms with van der Waals surface area (Å²) in [5, 5.41) is 3.05. The molecule has 1 amide bonds. The highest BCUT2D eigenvalue weighted by atomic mass is 35.5.